The van der Waals surface area contributed by atoms with Gasteiger partial charge in [0.05, 0.1) is 11.2 Å². The number of likely N-dealkylation sites (N-methyl/N-ethyl adjacent to an activating group) is 1. The number of carbonyl (C=O) groups excluding carboxylic acids is 1. The Bertz CT molecular complexity index is 481. The maximum atomic E-state index is 13.8. The highest BCUT2D eigenvalue weighted by Crippen LogP contribution is 2.30. The van der Waals surface area contributed by atoms with Crippen LogP contribution in [0.4, 0.5) is 4.39 Å². The standard InChI is InChI=1S/C15H20FNO2/c1-11-5-6-12(13(16)9-11)14(18)17(2)10-15(19)7-3-4-8-15/h5-6,9,19H,3-4,7-8,10H2,1-2H3. The van der Waals surface area contributed by atoms with Crippen molar-refractivity contribution in [2.45, 2.75) is 38.2 Å². The maximum Gasteiger partial charge on any atom is 0.256 e. The summed E-state index contributed by atoms with van der Waals surface area (Å²) in [6, 6.07) is 4.57. The topological polar surface area (TPSA) is 40.5 Å². The molecule has 104 valence electrons. The number of aliphatic hydroxyl groups is 1. The van der Waals surface area contributed by atoms with E-state index in [-0.39, 0.29) is 18.0 Å². The van der Waals surface area contributed by atoms with E-state index in [1.165, 1.54) is 17.0 Å². The third-order valence-electron chi connectivity index (χ3n) is 3.77. The van der Waals surface area contributed by atoms with E-state index in [9.17, 15) is 14.3 Å². The first-order valence-corrected chi connectivity index (χ1v) is 6.65. The van der Waals surface area contributed by atoms with Crippen molar-refractivity contribution in [1.29, 1.82) is 0 Å². The predicted molar refractivity (Wildman–Crippen MR) is 71.5 cm³/mol. The Morgan fingerprint density at radius 2 is 2.05 bits per heavy atom. The van der Waals surface area contributed by atoms with E-state index in [1.54, 1.807) is 20.0 Å². The van der Waals surface area contributed by atoms with Crippen LogP contribution in [0, 0.1) is 12.7 Å². The van der Waals surface area contributed by atoms with Crippen LogP contribution in [-0.2, 0) is 0 Å². The summed E-state index contributed by atoms with van der Waals surface area (Å²) < 4.78 is 13.8. The molecule has 1 aromatic rings. The molecule has 0 bridgehead atoms. The molecular formula is C15H20FNO2. The van der Waals surface area contributed by atoms with Gasteiger partial charge in [0.1, 0.15) is 5.82 Å². The minimum absolute atomic E-state index is 0.0645. The molecule has 1 aliphatic rings. The summed E-state index contributed by atoms with van der Waals surface area (Å²) in [4.78, 5) is 13.6. The number of aryl methyl sites for hydroxylation is 1. The summed E-state index contributed by atoms with van der Waals surface area (Å²) >= 11 is 0. The molecule has 0 aromatic heterocycles. The van der Waals surface area contributed by atoms with Crippen molar-refractivity contribution in [1.82, 2.24) is 4.90 Å². The third-order valence-corrected chi connectivity index (χ3v) is 3.77. The van der Waals surface area contributed by atoms with Gasteiger partial charge in [-0.05, 0) is 37.5 Å². The molecule has 0 heterocycles. The second kappa shape index (κ2) is 5.29. The summed E-state index contributed by atoms with van der Waals surface area (Å²) in [5.41, 5.74) is 0.0480. The Labute approximate surface area is 113 Å². The van der Waals surface area contributed by atoms with Gasteiger partial charge in [0.25, 0.3) is 5.91 Å². The van der Waals surface area contributed by atoms with Crippen LogP contribution < -0.4 is 0 Å². The van der Waals surface area contributed by atoms with Gasteiger partial charge in [-0.3, -0.25) is 4.79 Å². The van der Waals surface area contributed by atoms with Crippen LogP contribution >= 0.6 is 0 Å². The van der Waals surface area contributed by atoms with Crippen LogP contribution in [0.15, 0.2) is 18.2 Å². The third kappa shape index (κ3) is 3.13. The van der Waals surface area contributed by atoms with E-state index < -0.39 is 11.4 Å². The molecule has 19 heavy (non-hydrogen) atoms. The van der Waals surface area contributed by atoms with E-state index in [1.807, 2.05) is 0 Å². The lowest BCUT2D eigenvalue weighted by Gasteiger charge is -2.28. The highest BCUT2D eigenvalue weighted by Gasteiger charge is 2.33. The fourth-order valence-electron chi connectivity index (χ4n) is 2.70. The largest absolute Gasteiger partial charge is 0.388 e. The van der Waals surface area contributed by atoms with Crippen LogP contribution in [0.1, 0.15) is 41.6 Å². The van der Waals surface area contributed by atoms with Gasteiger partial charge in [0.2, 0.25) is 0 Å². The smallest absolute Gasteiger partial charge is 0.256 e. The number of amides is 1. The van der Waals surface area contributed by atoms with E-state index >= 15 is 0 Å². The quantitative estimate of drug-likeness (QED) is 0.912. The molecule has 1 saturated carbocycles. The molecule has 3 nitrogen and oxygen atoms in total. The maximum absolute atomic E-state index is 13.8. The highest BCUT2D eigenvalue weighted by atomic mass is 19.1. The normalized spacial score (nSPS) is 17.5. The van der Waals surface area contributed by atoms with Gasteiger partial charge in [0.15, 0.2) is 0 Å². The van der Waals surface area contributed by atoms with Crippen LogP contribution in [0.5, 0.6) is 0 Å². The monoisotopic (exact) mass is 265 g/mol. The van der Waals surface area contributed by atoms with Gasteiger partial charge in [-0.1, -0.05) is 18.9 Å². The minimum Gasteiger partial charge on any atom is -0.388 e. The summed E-state index contributed by atoms with van der Waals surface area (Å²) in [5.74, 6) is -0.881. The molecule has 1 aliphatic carbocycles. The second-order valence-corrected chi connectivity index (χ2v) is 5.58. The Kier molecular flexibility index (Phi) is 3.90. The van der Waals surface area contributed by atoms with Crippen LogP contribution in [-0.4, -0.2) is 35.1 Å². The molecule has 0 unspecified atom stereocenters. The van der Waals surface area contributed by atoms with Crippen molar-refractivity contribution in [2.75, 3.05) is 13.6 Å². The first kappa shape index (κ1) is 14.0. The molecule has 0 saturated heterocycles. The van der Waals surface area contributed by atoms with Gasteiger partial charge in [0, 0.05) is 13.6 Å². The lowest BCUT2D eigenvalue weighted by Crippen LogP contribution is -2.42. The van der Waals surface area contributed by atoms with Gasteiger partial charge in [-0.25, -0.2) is 4.39 Å². The zero-order valence-electron chi connectivity index (χ0n) is 11.4. The van der Waals surface area contributed by atoms with Crippen LogP contribution in [0.25, 0.3) is 0 Å². The number of hydrogen-bond acceptors (Lipinski definition) is 2. The van der Waals surface area contributed by atoms with Gasteiger partial charge >= 0.3 is 0 Å². The van der Waals surface area contributed by atoms with E-state index in [0.717, 1.165) is 18.4 Å². The minimum atomic E-state index is -0.800. The van der Waals surface area contributed by atoms with E-state index in [0.29, 0.717) is 12.8 Å². The molecular weight excluding hydrogens is 245 g/mol. The van der Waals surface area contributed by atoms with Gasteiger partial charge in [-0.15, -0.1) is 0 Å². The molecule has 0 aliphatic heterocycles. The number of halogens is 1. The first-order chi connectivity index (χ1) is 8.91. The summed E-state index contributed by atoms with van der Waals surface area (Å²) in [6.07, 6.45) is 3.39. The summed E-state index contributed by atoms with van der Waals surface area (Å²) in [6.45, 7) is 2.04. The average Bonchev–Trinajstić information content (AvgIpc) is 2.75. The zero-order chi connectivity index (χ0) is 14.0. The number of nitrogens with zero attached hydrogens (tertiary/aromatic N) is 1. The predicted octanol–water partition coefficient (Wildman–Crippen LogP) is 2.51. The second-order valence-electron chi connectivity index (χ2n) is 5.58. The van der Waals surface area contributed by atoms with Crippen molar-refractivity contribution in [3.05, 3.63) is 35.1 Å². The Hall–Kier alpha value is -1.42. The number of benzene rings is 1. The molecule has 1 N–H and O–H groups in total. The Morgan fingerprint density at radius 1 is 1.42 bits per heavy atom. The SMILES string of the molecule is Cc1ccc(C(=O)N(C)CC2(O)CCCC2)c(F)c1. The van der Waals surface area contributed by atoms with Crippen molar-refractivity contribution in [2.24, 2.45) is 0 Å². The van der Waals surface area contributed by atoms with Crippen molar-refractivity contribution in [3.8, 4) is 0 Å². The van der Waals surface area contributed by atoms with Crippen LogP contribution in [0.2, 0.25) is 0 Å². The van der Waals surface area contributed by atoms with Crippen molar-refractivity contribution >= 4 is 5.91 Å². The zero-order valence-corrected chi connectivity index (χ0v) is 11.4. The fourth-order valence-corrected chi connectivity index (χ4v) is 2.70. The average molecular weight is 265 g/mol. The first-order valence-electron chi connectivity index (χ1n) is 6.65. The Morgan fingerprint density at radius 3 is 2.63 bits per heavy atom. The number of hydrogen-bond donors (Lipinski definition) is 1. The lowest BCUT2D eigenvalue weighted by atomic mass is 10.0. The molecule has 0 atom stereocenters. The fraction of sp³-hybridized carbons (Fsp3) is 0.533. The van der Waals surface area contributed by atoms with E-state index in [2.05, 4.69) is 0 Å². The van der Waals surface area contributed by atoms with Crippen molar-refractivity contribution in [3.63, 3.8) is 0 Å². The van der Waals surface area contributed by atoms with Gasteiger partial charge in [-0.2, -0.15) is 0 Å². The van der Waals surface area contributed by atoms with Crippen molar-refractivity contribution < 1.29 is 14.3 Å². The number of carbonyl (C=O) groups is 1. The summed E-state index contributed by atoms with van der Waals surface area (Å²) in [7, 11) is 1.61. The van der Waals surface area contributed by atoms with Crippen LogP contribution in [0.3, 0.4) is 0 Å². The number of rotatable bonds is 3. The molecule has 1 fully saturated rings. The Balaban J connectivity index is 2.10. The van der Waals surface area contributed by atoms with E-state index in [4.69, 9.17) is 0 Å². The lowest BCUT2D eigenvalue weighted by molar-refractivity contribution is 0.0155. The molecule has 2 rings (SSSR count). The van der Waals surface area contributed by atoms with Gasteiger partial charge < -0.3 is 10.0 Å². The molecule has 4 heteroatoms. The molecule has 0 radical (unpaired) electrons. The highest BCUT2D eigenvalue weighted by molar-refractivity contribution is 5.94. The summed E-state index contributed by atoms with van der Waals surface area (Å²) in [5, 5.41) is 10.3. The molecule has 0 spiro atoms. The molecule has 1 amide bonds. The molecule has 1 aromatic carbocycles.